The fourth-order valence-corrected chi connectivity index (χ4v) is 2.63. The minimum atomic E-state index is 0.469. The van der Waals surface area contributed by atoms with E-state index in [0.717, 1.165) is 14.8 Å². The van der Waals surface area contributed by atoms with Crippen LogP contribution < -0.4 is 5.32 Å². The van der Waals surface area contributed by atoms with Gasteiger partial charge in [0.15, 0.2) is 0 Å². The van der Waals surface area contributed by atoms with E-state index in [2.05, 4.69) is 56.0 Å². The van der Waals surface area contributed by atoms with Gasteiger partial charge in [0.2, 0.25) is 0 Å². The minimum absolute atomic E-state index is 0.469. The van der Waals surface area contributed by atoms with Crippen LogP contribution in [0.25, 0.3) is 0 Å². The first kappa shape index (κ1) is 14.0. The zero-order valence-corrected chi connectivity index (χ0v) is 12.9. The van der Waals surface area contributed by atoms with Gasteiger partial charge in [-0.3, -0.25) is 0 Å². The summed E-state index contributed by atoms with van der Waals surface area (Å²) in [6, 6.07) is 2.48. The van der Waals surface area contributed by atoms with Crippen LogP contribution in [0.2, 0.25) is 0 Å². The fraction of sp³-hybridized carbons (Fsp3) is 0.583. The summed E-state index contributed by atoms with van der Waals surface area (Å²) in [6.45, 7) is 4.43. The van der Waals surface area contributed by atoms with Crippen molar-refractivity contribution in [3.8, 4) is 0 Å². The lowest BCUT2D eigenvalue weighted by atomic mass is 10.1. The third-order valence-corrected chi connectivity index (χ3v) is 3.47. The van der Waals surface area contributed by atoms with Crippen LogP contribution in [0.3, 0.4) is 0 Å². The molecular weight excluding hydrogens is 332 g/mol. The van der Waals surface area contributed by atoms with Gasteiger partial charge in [-0.15, -0.1) is 0 Å². The molecule has 1 atom stereocenters. The Morgan fingerprint density at radius 2 is 2.12 bits per heavy atom. The molecule has 0 aromatic carbocycles. The van der Waals surface area contributed by atoms with Crippen LogP contribution in [-0.4, -0.2) is 11.0 Å². The van der Waals surface area contributed by atoms with Crippen molar-refractivity contribution < 1.29 is 0 Å². The molecule has 2 nitrogen and oxygen atoms in total. The van der Waals surface area contributed by atoms with Gasteiger partial charge >= 0.3 is 0 Å². The highest BCUT2D eigenvalue weighted by Crippen LogP contribution is 2.24. The fourth-order valence-electron chi connectivity index (χ4n) is 1.53. The van der Waals surface area contributed by atoms with E-state index in [1.165, 1.54) is 25.7 Å². The summed E-state index contributed by atoms with van der Waals surface area (Å²) in [5, 5.41) is 3.42. The predicted octanol–water partition coefficient (Wildman–Crippen LogP) is 4.99. The molecule has 1 unspecified atom stereocenters. The highest BCUT2D eigenvalue weighted by atomic mass is 79.9. The molecule has 0 spiro atoms. The molecule has 90 valence electrons. The Morgan fingerprint density at radius 1 is 1.38 bits per heavy atom. The van der Waals surface area contributed by atoms with E-state index in [1.807, 2.05) is 12.3 Å². The monoisotopic (exact) mass is 348 g/mol. The van der Waals surface area contributed by atoms with E-state index in [1.54, 1.807) is 0 Å². The quantitative estimate of drug-likeness (QED) is 0.732. The molecule has 0 amide bonds. The van der Waals surface area contributed by atoms with Gasteiger partial charge < -0.3 is 5.32 Å². The molecule has 0 saturated carbocycles. The topological polar surface area (TPSA) is 24.9 Å². The molecule has 16 heavy (non-hydrogen) atoms. The van der Waals surface area contributed by atoms with Crippen LogP contribution in [-0.2, 0) is 0 Å². The number of hydrogen-bond acceptors (Lipinski definition) is 2. The van der Waals surface area contributed by atoms with E-state index in [9.17, 15) is 0 Å². The largest absolute Gasteiger partial charge is 0.367 e. The van der Waals surface area contributed by atoms with E-state index < -0.39 is 0 Å². The number of nitrogens with one attached hydrogen (secondary N) is 1. The first-order valence-electron chi connectivity index (χ1n) is 5.71. The molecule has 1 aromatic heterocycles. The van der Waals surface area contributed by atoms with Crippen molar-refractivity contribution in [3.63, 3.8) is 0 Å². The van der Waals surface area contributed by atoms with Gasteiger partial charge in [-0.05, 0) is 51.3 Å². The van der Waals surface area contributed by atoms with Crippen LogP contribution in [0.5, 0.6) is 0 Å². The molecule has 1 aromatic rings. The Balaban J connectivity index is 2.46. The molecule has 4 heteroatoms. The predicted molar refractivity (Wildman–Crippen MR) is 76.9 cm³/mol. The second-order valence-corrected chi connectivity index (χ2v) is 5.80. The zero-order chi connectivity index (χ0) is 12.0. The summed E-state index contributed by atoms with van der Waals surface area (Å²) >= 11 is 6.90. The summed E-state index contributed by atoms with van der Waals surface area (Å²) < 4.78 is 1.99. The summed E-state index contributed by atoms with van der Waals surface area (Å²) in [7, 11) is 0. The molecular formula is C12H18Br2N2. The second kappa shape index (κ2) is 7.28. The molecule has 1 N–H and O–H groups in total. The number of pyridine rings is 1. The van der Waals surface area contributed by atoms with Gasteiger partial charge in [0.25, 0.3) is 0 Å². The number of anilines is 1. The molecule has 0 radical (unpaired) electrons. The van der Waals surface area contributed by atoms with Crippen LogP contribution in [0.15, 0.2) is 21.2 Å². The average Bonchev–Trinajstić information content (AvgIpc) is 2.23. The molecule has 0 fully saturated rings. The summed E-state index contributed by atoms with van der Waals surface area (Å²) in [4.78, 5) is 4.34. The second-order valence-electron chi connectivity index (χ2n) is 4.03. The van der Waals surface area contributed by atoms with Crippen LogP contribution in [0, 0.1) is 0 Å². The Bertz CT molecular complexity index is 329. The summed E-state index contributed by atoms with van der Waals surface area (Å²) in [5.41, 5.74) is 0. The van der Waals surface area contributed by atoms with Gasteiger partial charge in [-0.2, -0.15) is 0 Å². The third kappa shape index (κ3) is 4.83. The molecule has 0 aliphatic rings. The van der Waals surface area contributed by atoms with Crippen molar-refractivity contribution in [2.24, 2.45) is 0 Å². The minimum Gasteiger partial charge on any atom is -0.367 e. The standard InChI is InChI=1S/C12H18Br2N2/c1-3-4-5-6-9(2)16-12-11(14)7-10(13)8-15-12/h7-9H,3-6H2,1-2H3,(H,15,16). The van der Waals surface area contributed by atoms with E-state index in [-0.39, 0.29) is 0 Å². The highest BCUT2D eigenvalue weighted by molar-refractivity contribution is 9.11. The summed E-state index contributed by atoms with van der Waals surface area (Å²) in [5.74, 6) is 0.923. The SMILES string of the molecule is CCCCCC(C)Nc1ncc(Br)cc1Br. The van der Waals surface area contributed by atoms with Crippen LogP contribution in [0.1, 0.15) is 39.5 Å². The Kier molecular flexibility index (Phi) is 6.36. The molecule has 1 rings (SSSR count). The van der Waals surface area contributed by atoms with Crippen LogP contribution >= 0.6 is 31.9 Å². The molecule has 0 saturated heterocycles. The number of halogens is 2. The lowest BCUT2D eigenvalue weighted by Crippen LogP contribution is -2.16. The maximum Gasteiger partial charge on any atom is 0.140 e. The number of nitrogens with zero attached hydrogens (tertiary/aromatic N) is 1. The van der Waals surface area contributed by atoms with E-state index in [4.69, 9.17) is 0 Å². The first-order chi connectivity index (χ1) is 7.63. The lowest BCUT2D eigenvalue weighted by Gasteiger charge is -2.15. The molecule has 0 aliphatic carbocycles. The van der Waals surface area contributed by atoms with Gasteiger partial charge in [-0.1, -0.05) is 26.2 Å². The molecule has 1 heterocycles. The van der Waals surface area contributed by atoms with Crippen molar-refractivity contribution in [1.82, 2.24) is 4.98 Å². The van der Waals surface area contributed by atoms with Crippen molar-refractivity contribution in [3.05, 3.63) is 21.2 Å². The number of unbranched alkanes of at least 4 members (excludes halogenated alkanes) is 2. The lowest BCUT2D eigenvalue weighted by molar-refractivity contribution is 0.613. The number of rotatable bonds is 6. The maximum atomic E-state index is 4.34. The van der Waals surface area contributed by atoms with Gasteiger partial charge in [-0.25, -0.2) is 4.98 Å². The van der Waals surface area contributed by atoms with Crippen LogP contribution in [0.4, 0.5) is 5.82 Å². The van der Waals surface area contributed by atoms with Gasteiger partial charge in [0, 0.05) is 16.7 Å². The Labute approximate surface area is 114 Å². The van der Waals surface area contributed by atoms with Crippen molar-refractivity contribution >= 4 is 37.7 Å². The normalized spacial score (nSPS) is 12.5. The smallest absolute Gasteiger partial charge is 0.140 e. The highest BCUT2D eigenvalue weighted by Gasteiger charge is 2.06. The van der Waals surface area contributed by atoms with Crippen molar-refractivity contribution in [2.45, 2.75) is 45.6 Å². The van der Waals surface area contributed by atoms with E-state index >= 15 is 0 Å². The Hall–Kier alpha value is -0.0900. The zero-order valence-electron chi connectivity index (χ0n) is 9.76. The average molecular weight is 350 g/mol. The third-order valence-electron chi connectivity index (χ3n) is 2.43. The van der Waals surface area contributed by atoms with Crippen molar-refractivity contribution in [2.75, 3.05) is 5.32 Å². The van der Waals surface area contributed by atoms with Gasteiger partial charge in [0.1, 0.15) is 5.82 Å². The molecule has 0 aliphatic heterocycles. The van der Waals surface area contributed by atoms with E-state index in [0.29, 0.717) is 6.04 Å². The summed E-state index contributed by atoms with van der Waals surface area (Å²) in [6.07, 6.45) is 6.86. The number of aromatic nitrogens is 1. The Morgan fingerprint density at radius 3 is 2.75 bits per heavy atom. The molecule has 0 bridgehead atoms. The van der Waals surface area contributed by atoms with Crippen molar-refractivity contribution in [1.29, 1.82) is 0 Å². The number of hydrogen-bond donors (Lipinski definition) is 1. The maximum absolute atomic E-state index is 4.34. The van der Waals surface area contributed by atoms with Gasteiger partial charge in [0.05, 0.1) is 4.47 Å². The first-order valence-corrected chi connectivity index (χ1v) is 7.29.